The van der Waals surface area contributed by atoms with Crippen molar-refractivity contribution in [3.63, 3.8) is 0 Å². The molecule has 3 aliphatic rings. The highest BCUT2D eigenvalue weighted by atomic mass is 19.1. The summed E-state index contributed by atoms with van der Waals surface area (Å²) >= 11 is 0. The lowest BCUT2D eigenvalue weighted by atomic mass is 9.94. The number of nitriles is 2. The molecular weight excluding hydrogens is 287 g/mol. The average molecular weight is 299 g/mol. The molecule has 1 saturated heterocycles. The first-order valence-corrected chi connectivity index (χ1v) is 6.85. The molecule has 3 atom stereocenters. The normalized spacial score (nSPS) is 37.2. The molecule has 4 rings (SSSR count). The summed E-state index contributed by atoms with van der Waals surface area (Å²) in [6.45, 7) is 0.546. The molecule has 2 fully saturated rings. The third kappa shape index (κ3) is 1.08. The number of nitrogens with zero attached hydrogens (tertiary/aromatic N) is 2. The number of hydrogen-bond acceptors (Lipinski definition) is 5. The molecule has 0 bridgehead atoms. The van der Waals surface area contributed by atoms with Gasteiger partial charge in [0.25, 0.3) is 5.84 Å². The van der Waals surface area contributed by atoms with Crippen molar-refractivity contribution in [3.05, 3.63) is 35.6 Å². The van der Waals surface area contributed by atoms with E-state index in [9.17, 15) is 14.9 Å². The fourth-order valence-electron chi connectivity index (χ4n) is 3.99. The minimum atomic E-state index is -1.49. The Morgan fingerprint density at radius 2 is 1.91 bits per heavy atom. The van der Waals surface area contributed by atoms with E-state index in [0.29, 0.717) is 0 Å². The zero-order valence-corrected chi connectivity index (χ0v) is 11.5. The molecule has 2 aliphatic heterocycles. The second-order valence-corrected chi connectivity index (χ2v) is 5.65. The van der Waals surface area contributed by atoms with Crippen LogP contribution in [0.5, 0.6) is 0 Å². The number of benzene rings is 1. The number of amidine groups is 1. The van der Waals surface area contributed by atoms with Crippen LogP contribution in [0.1, 0.15) is 11.5 Å². The number of ether oxygens (including phenoxy) is 2. The van der Waals surface area contributed by atoms with Crippen LogP contribution >= 0.6 is 0 Å². The molecule has 0 radical (unpaired) electrons. The Labute approximate surface area is 125 Å². The summed E-state index contributed by atoms with van der Waals surface area (Å²) in [5.74, 6) is -2.62. The molecule has 2 heterocycles. The lowest BCUT2D eigenvalue weighted by Gasteiger charge is -2.23. The molecule has 7 heteroatoms. The minimum Gasteiger partial charge on any atom is -0.311 e. The SMILES string of the molecule is N#C[C@@]12C(N)=[NH+]C3(OCCO3)[C@]1(C#N)[C@@H]2c1ccccc1F. The van der Waals surface area contributed by atoms with E-state index in [4.69, 9.17) is 15.2 Å². The molecular formula is C15H12FN4O2+. The monoisotopic (exact) mass is 299 g/mol. The van der Waals surface area contributed by atoms with Crippen molar-refractivity contribution in [1.29, 1.82) is 10.5 Å². The average Bonchev–Trinajstić information content (AvgIpc) is 2.76. The Morgan fingerprint density at radius 3 is 2.50 bits per heavy atom. The Bertz CT molecular complexity index is 789. The first-order valence-electron chi connectivity index (χ1n) is 6.85. The first-order chi connectivity index (χ1) is 10.6. The summed E-state index contributed by atoms with van der Waals surface area (Å²) in [5.41, 5.74) is 3.51. The van der Waals surface area contributed by atoms with Gasteiger partial charge in [-0.1, -0.05) is 18.2 Å². The van der Waals surface area contributed by atoms with E-state index in [0.717, 1.165) is 0 Å². The van der Waals surface area contributed by atoms with Crippen LogP contribution in [0.2, 0.25) is 0 Å². The summed E-state index contributed by atoms with van der Waals surface area (Å²) in [4.78, 5) is 2.81. The molecule has 6 nitrogen and oxygen atoms in total. The second-order valence-electron chi connectivity index (χ2n) is 5.65. The third-order valence-corrected chi connectivity index (χ3v) is 4.91. The molecule has 0 amide bonds. The van der Waals surface area contributed by atoms with E-state index < -0.39 is 28.5 Å². The van der Waals surface area contributed by atoms with Crippen LogP contribution in [-0.4, -0.2) is 25.0 Å². The van der Waals surface area contributed by atoms with Crippen molar-refractivity contribution in [2.75, 3.05) is 13.2 Å². The molecule has 1 aromatic carbocycles. The Kier molecular flexibility index (Phi) is 2.30. The van der Waals surface area contributed by atoms with Crippen LogP contribution in [0.3, 0.4) is 0 Å². The molecule has 0 aromatic heterocycles. The first kappa shape index (κ1) is 13.2. The van der Waals surface area contributed by atoms with Crippen molar-refractivity contribution >= 4 is 5.84 Å². The predicted octanol–water partition coefficient (Wildman–Crippen LogP) is -0.905. The molecule has 22 heavy (non-hydrogen) atoms. The summed E-state index contributed by atoms with van der Waals surface area (Å²) < 4.78 is 25.4. The summed E-state index contributed by atoms with van der Waals surface area (Å²) in [5, 5.41) is 19.6. The van der Waals surface area contributed by atoms with Crippen molar-refractivity contribution in [1.82, 2.24) is 0 Å². The van der Waals surface area contributed by atoms with Gasteiger partial charge in [0.2, 0.25) is 0 Å². The number of nitrogens with two attached hydrogens (primary N) is 1. The molecule has 1 aliphatic carbocycles. The molecule has 3 N–H and O–H groups in total. The van der Waals surface area contributed by atoms with E-state index in [-0.39, 0.29) is 24.6 Å². The maximum Gasteiger partial charge on any atom is 0.343 e. The fourth-order valence-corrected chi connectivity index (χ4v) is 3.99. The predicted molar refractivity (Wildman–Crippen MR) is 70.0 cm³/mol. The zero-order chi connectivity index (χ0) is 15.6. The third-order valence-electron chi connectivity index (χ3n) is 4.91. The summed E-state index contributed by atoms with van der Waals surface area (Å²) in [7, 11) is 0. The number of nitrogens with one attached hydrogen (secondary N) is 1. The van der Waals surface area contributed by atoms with Crippen LogP contribution < -0.4 is 10.7 Å². The van der Waals surface area contributed by atoms with Crippen LogP contribution in [0.25, 0.3) is 0 Å². The Morgan fingerprint density at radius 1 is 1.23 bits per heavy atom. The number of fused-ring (bicyclic) bond motifs is 2. The highest BCUT2D eigenvalue weighted by Gasteiger charge is 2.97. The van der Waals surface area contributed by atoms with E-state index in [1.54, 1.807) is 18.2 Å². The molecule has 1 aromatic rings. The Balaban J connectivity index is 1.97. The zero-order valence-electron chi connectivity index (χ0n) is 11.5. The van der Waals surface area contributed by atoms with Gasteiger partial charge in [0.15, 0.2) is 10.8 Å². The second kappa shape index (κ2) is 3.83. The van der Waals surface area contributed by atoms with E-state index >= 15 is 0 Å². The molecule has 1 spiro atoms. The van der Waals surface area contributed by atoms with Gasteiger partial charge in [-0.25, -0.2) is 9.38 Å². The van der Waals surface area contributed by atoms with E-state index in [2.05, 4.69) is 17.1 Å². The van der Waals surface area contributed by atoms with Gasteiger partial charge in [0.1, 0.15) is 5.82 Å². The van der Waals surface area contributed by atoms with Gasteiger partial charge < -0.3 is 9.47 Å². The highest BCUT2D eigenvalue weighted by Crippen LogP contribution is 2.79. The van der Waals surface area contributed by atoms with Gasteiger partial charge in [-0.3, -0.25) is 5.73 Å². The van der Waals surface area contributed by atoms with Gasteiger partial charge >= 0.3 is 5.91 Å². The fraction of sp³-hybridized carbons (Fsp3) is 0.400. The maximum absolute atomic E-state index is 14.2. The van der Waals surface area contributed by atoms with Crippen LogP contribution in [0, 0.1) is 39.3 Å². The molecule has 110 valence electrons. The molecule has 1 saturated carbocycles. The highest BCUT2D eigenvalue weighted by molar-refractivity contribution is 5.95. The van der Waals surface area contributed by atoms with Gasteiger partial charge in [0.05, 0.1) is 25.4 Å². The van der Waals surface area contributed by atoms with Crippen LogP contribution in [0.4, 0.5) is 4.39 Å². The lowest BCUT2D eigenvalue weighted by Crippen LogP contribution is -2.89. The largest absolute Gasteiger partial charge is 0.343 e. The summed E-state index contributed by atoms with van der Waals surface area (Å²) in [6.07, 6.45) is 0. The topological polar surface area (TPSA) is 106 Å². The number of halogens is 1. The smallest absolute Gasteiger partial charge is 0.311 e. The lowest BCUT2D eigenvalue weighted by molar-refractivity contribution is -0.676. The van der Waals surface area contributed by atoms with Crippen molar-refractivity contribution in [2.24, 2.45) is 16.6 Å². The van der Waals surface area contributed by atoms with Gasteiger partial charge in [0, 0.05) is 5.92 Å². The van der Waals surface area contributed by atoms with Crippen molar-refractivity contribution in [3.8, 4) is 12.1 Å². The van der Waals surface area contributed by atoms with Gasteiger partial charge in [-0.15, -0.1) is 0 Å². The minimum absolute atomic E-state index is 0.0895. The van der Waals surface area contributed by atoms with Crippen LogP contribution in [-0.2, 0) is 9.47 Å². The quantitative estimate of drug-likeness (QED) is 0.698. The van der Waals surface area contributed by atoms with E-state index in [1.165, 1.54) is 6.07 Å². The van der Waals surface area contributed by atoms with Crippen molar-refractivity contribution in [2.45, 2.75) is 11.8 Å². The Hall–Kier alpha value is -2.48. The van der Waals surface area contributed by atoms with Crippen molar-refractivity contribution < 1.29 is 18.9 Å². The number of hydrogen-bond donors (Lipinski definition) is 2. The maximum atomic E-state index is 14.2. The standard InChI is InChI=1S/C15H11FN4O2/c16-10-4-2-1-3-9(10)11-13(7-17)12(19)20-15(14(11,13)8-18)21-5-6-22-15/h1-4,11H,5-6H2,(H2,19,20)/p+1/t11-,13-,14-/m1/s1. The van der Waals surface area contributed by atoms with E-state index in [1.807, 2.05) is 0 Å². The summed E-state index contributed by atoms with van der Waals surface area (Å²) in [6, 6.07) is 10.3. The van der Waals surface area contributed by atoms with Crippen LogP contribution in [0.15, 0.2) is 24.3 Å². The molecule has 0 unspecified atom stereocenters. The van der Waals surface area contributed by atoms with Gasteiger partial charge in [-0.2, -0.15) is 10.5 Å². The van der Waals surface area contributed by atoms with Gasteiger partial charge in [-0.05, 0) is 11.6 Å². The number of rotatable bonds is 1.